The highest BCUT2D eigenvalue weighted by molar-refractivity contribution is 9.10. The van der Waals surface area contributed by atoms with Gasteiger partial charge < -0.3 is 15.4 Å². The summed E-state index contributed by atoms with van der Waals surface area (Å²) in [5.74, 6) is 0. The molecule has 5 nitrogen and oxygen atoms in total. The van der Waals surface area contributed by atoms with Gasteiger partial charge in [-0.25, -0.2) is 4.79 Å². The van der Waals surface area contributed by atoms with Gasteiger partial charge in [-0.05, 0) is 76.4 Å². The second-order valence-corrected chi connectivity index (χ2v) is 6.74. The fourth-order valence-electron chi connectivity index (χ4n) is 1.99. The van der Waals surface area contributed by atoms with Gasteiger partial charge in [0.25, 0.3) is 0 Å². The van der Waals surface area contributed by atoms with Gasteiger partial charge in [0.1, 0.15) is 0 Å². The largest absolute Gasteiger partial charge is 0.326 e. The van der Waals surface area contributed by atoms with E-state index in [9.17, 15) is 4.79 Å². The second kappa shape index (κ2) is 8.55. The zero-order chi connectivity index (χ0) is 17.5. The zero-order valence-corrected chi connectivity index (χ0v) is 15.5. The van der Waals surface area contributed by atoms with Crippen LogP contribution in [0, 0.1) is 0 Å². The number of rotatable bonds is 5. The Morgan fingerprint density at radius 1 is 0.880 bits per heavy atom. The van der Waals surface area contributed by atoms with Crippen molar-refractivity contribution >= 4 is 51.0 Å². The first-order valence-electron chi connectivity index (χ1n) is 7.46. The van der Waals surface area contributed by atoms with E-state index in [0.29, 0.717) is 11.4 Å². The number of urea groups is 1. The van der Waals surface area contributed by atoms with E-state index in [-0.39, 0.29) is 6.03 Å². The first kappa shape index (κ1) is 17.3. The second-order valence-electron chi connectivity index (χ2n) is 5.03. The summed E-state index contributed by atoms with van der Waals surface area (Å²) in [5.41, 5.74) is 2.29. The van der Waals surface area contributed by atoms with E-state index in [4.69, 9.17) is 0 Å². The lowest BCUT2D eigenvalue weighted by Crippen LogP contribution is -2.19. The number of nitrogens with zero attached hydrogens (tertiary/aromatic N) is 1. The predicted octanol–water partition coefficient (Wildman–Crippen LogP) is 5.61. The van der Waals surface area contributed by atoms with E-state index in [0.717, 1.165) is 15.1 Å². The molecule has 0 bridgehead atoms. The van der Waals surface area contributed by atoms with Crippen molar-refractivity contribution in [3.8, 4) is 0 Å². The van der Waals surface area contributed by atoms with Crippen molar-refractivity contribution < 1.29 is 4.79 Å². The highest BCUT2D eigenvalue weighted by Crippen LogP contribution is 2.28. The van der Waals surface area contributed by atoms with Gasteiger partial charge in [-0.15, -0.1) is 0 Å². The fourth-order valence-corrected chi connectivity index (χ4v) is 3.20. The van der Waals surface area contributed by atoms with E-state index < -0.39 is 0 Å². The number of amides is 2. The number of hydrogen-bond acceptors (Lipinski definition) is 4. The summed E-state index contributed by atoms with van der Waals surface area (Å²) in [6, 6.07) is 18.7. The van der Waals surface area contributed by atoms with Crippen LogP contribution in [0.1, 0.15) is 0 Å². The maximum atomic E-state index is 11.9. The quantitative estimate of drug-likeness (QED) is 0.474. The number of carbonyl (C=O) groups excluding carboxylic acids is 1. The van der Waals surface area contributed by atoms with Crippen LogP contribution in [0.15, 0.2) is 82.4 Å². The van der Waals surface area contributed by atoms with Crippen LogP contribution in [0.3, 0.4) is 0 Å². The molecule has 2 aromatic carbocycles. The van der Waals surface area contributed by atoms with E-state index >= 15 is 0 Å². The van der Waals surface area contributed by atoms with Gasteiger partial charge in [0, 0.05) is 26.9 Å². The third-order valence-corrected chi connectivity index (χ3v) is 5.05. The minimum absolute atomic E-state index is 0.309. The summed E-state index contributed by atoms with van der Waals surface area (Å²) < 4.78 is 4.31. The number of nitrogens with one attached hydrogen (secondary N) is 3. The summed E-state index contributed by atoms with van der Waals surface area (Å²) in [4.78, 5) is 17.0. The summed E-state index contributed by atoms with van der Waals surface area (Å²) >= 11 is 5.03. The first-order chi connectivity index (χ1) is 12.2. The summed E-state index contributed by atoms with van der Waals surface area (Å²) in [6.45, 7) is 0. The van der Waals surface area contributed by atoms with Gasteiger partial charge in [0.15, 0.2) is 0 Å². The number of pyridine rings is 1. The van der Waals surface area contributed by atoms with Crippen molar-refractivity contribution in [1.29, 1.82) is 0 Å². The number of benzene rings is 2. The first-order valence-corrected chi connectivity index (χ1v) is 9.07. The Hall–Kier alpha value is -2.51. The lowest BCUT2D eigenvalue weighted by molar-refractivity contribution is 0.262. The van der Waals surface area contributed by atoms with Crippen molar-refractivity contribution in [2.45, 2.75) is 4.90 Å². The van der Waals surface area contributed by atoms with Crippen LogP contribution in [0.4, 0.5) is 21.9 Å². The van der Waals surface area contributed by atoms with Crippen LogP contribution >= 0.6 is 27.9 Å². The molecule has 0 aliphatic heterocycles. The summed E-state index contributed by atoms with van der Waals surface area (Å²) in [6.07, 6.45) is 3.24. The molecular formula is C18H15BrN4OS. The molecule has 0 aliphatic rings. The van der Waals surface area contributed by atoms with Crippen molar-refractivity contribution in [3.63, 3.8) is 0 Å². The molecule has 0 unspecified atom stereocenters. The van der Waals surface area contributed by atoms with Crippen molar-refractivity contribution in [3.05, 3.63) is 77.5 Å². The smallest absolute Gasteiger partial charge is 0.323 e. The number of carbonyl (C=O) groups is 1. The minimum atomic E-state index is -0.309. The molecule has 126 valence electrons. The number of anilines is 3. The Kier molecular flexibility index (Phi) is 5.92. The van der Waals surface area contributed by atoms with Crippen LogP contribution in [0.25, 0.3) is 0 Å². The monoisotopic (exact) mass is 414 g/mol. The molecule has 0 aliphatic carbocycles. The highest BCUT2D eigenvalue weighted by atomic mass is 79.9. The topological polar surface area (TPSA) is 66.1 Å². The zero-order valence-electron chi connectivity index (χ0n) is 13.1. The third-order valence-electron chi connectivity index (χ3n) is 3.18. The molecule has 0 spiro atoms. The molecule has 1 aromatic heterocycles. The maximum Gasteiger partial charge on any atom is 0.323 e. The van der Waals surface area contributed by atoms with Crippen LogP contribution in [0.5, 0.6) is 0 Å². The fraction of sp³-hybridized carbons (Fsp3) is 0. The van der Waals surface area contributed by atoms with Gasteiger partial charge in [-0.3, -0.25) is 4.98 Å². The van der Waals surface area contributed by atoms with Crippen LogP contribution < -0.4 is 15.4 Å². The van der Waals surface area contributed by atoms with Crippen LogP contribution in [-0.2, 0) is 0 Å². The molecule has 3 aromatic rings. The lowest BCUT2D eigenvalue weighted by atomic mass is 10.3. The molecule has 2 amide bonds. The lowest BCUT2D eigenvalue weighted by Gasteiger charge is -2.09. The number of aromatic nitrogens is 1. The Morgan fingerprint density at radius 2 is 1.60 bits per heavy atom. The summed E-state index contributed by atoms with van der Waals surface area (Å²) in [7, 11) is 0. The molecule has 0 atom stereocenters. The van der Waals surface area contributed by atoms with Crippen molar-refractivity contribution in [2.75, 3.05) is 15.4 Å². The van der Waals surface area contributed by atoms with E-state index in [1.807, 2.05) is 48.5 Å². The molecule has 7 heteroatoms. The minimum Gasteiger partial charge on any atom is -0.326 e. The molecule has 3 rings (SSSR count). The van der Waals surface area contributed by atoms with E-state index in [1.54, 1.807) is 24.5 Å². The van der Waals surface area contributed by atoms with Crippen molar-refractivity contribution in [1.82, 2.24) is 4.98 Å². The molecular weight excluding hydrogens is 400 g/mol. The Labute approximate surface area is 158 Å². The van der Waals surface area contributed by atoms with Crippen molar-refractivity contribution in [2.24, 2.45) is 0 Å². The maximum absolute atomic E-state index is 11.9. The molecule has 3 N–H and O–H groups in total. The Bertz CT molecular complexity index is 843. The van der Waals surface area contributed by atoms with Gasteiger partial charge in [0.2, 0.25) is 0 Å². The summed E-state index contributed by atoms with van der Waals surface area (Å²) in [5, 5.41) is 5.50. The SMILES string of the molecule is O=C(Nc1ccc(NSc2ccccc2Br)cc1)Nc1cccnc1. The van der Waals surface area contributed by atoms with Gasteiger partial charge >= 0.3 is 6.03 Å². The van der Waals surface area contributed by atoms with Crippen LogP contribution in [-0.4, -0.2) is 11.0 Å². The van der Waals surface area contributed by atoms with E-state index in [2.05, 4.69) is 36.3 Å². The average molecular weight is 415 g/mol. The molecule has 0 saturated heterocycles. The van der Waals surface area contributed by atoms with E-state index in [1.165, 1.54) is 11.9 Å². The average Bonchev–Trinajstić information content (AvgIpc) is 2.63. The molecule has 0 fully saturated rings. The van der Waals surface area contributed by atoms with Gasteiger partial charge in [-0.1, -0.05) is 12.1 Å². The molecule has 25 heavy (non-hydrogen) atoms. The number of halogens is 1. The molecule has 1 heterocycles. The third kappa shape index (κ3) is 5.23. The predicted molar refractivity (Wildman–Crippen MR) is 107 cm³/mol. The Morgan fingerprint density at radius 3 is 2.32 bits per heavy atom. The van der Waals surface area contributed by atoms with Gasteiger partial charge in [-0.2, -0.15) is 0 Å². The normalized spacial score (nSPS) is 10.1. The molecule has 0 radical (unpaired) electrons. The van der Waals surface area contributed by atoms with Gasteiger partial charge in [0.05, 0.1) is 11.9 Å². The Balaban J connectivity index is 1.53. The highest BCUT2D eigenvalue weighted by Gasteiger charge is 2.03. The standard InChI is InChI=1S/C18H15BrN4OS/c19-16-5-1-2-6-17(16)25-23-14-9-7-13(8-10-14)21-18(24)22-15-4-3-11-20-12-15/h1-12,23H,(H2,21,22,24). The number of hydrogen-bond donors (Lipinski definition) is 3. The van der Waals surface area contributed by atoms with Crippen LogP contribution in [0.2, 0.25) is 0 Å². The molecule has 0 saturated carbocycles.